The number of imidazole rings is 1. The summed E-state index contributed by atoms with van der Waals surface area (Å²) in [5.74, 6) is -0.609. The van der Waals surface area contributed by atoms with E-state index in [1.54, 1.807) is 0 Å². The standard InChI is InChI=1S/C15H12F2N2/c1-9-3-2-4-10(5-9)6-14-18-13-8-11(16)7-12(17)15(13)19-14/h2-5,7-8H,6H2,1H3,(H,18,19). The molecule has 0 saturated carbocycles. The lowest BCUT2D eigenvalue weighted by molar-refractivity contribution is 0.590. The molecule has 0 aliphatic carbocycles. The van der Waals surface area contributed by atoms with Crippen LogP contribution in [0.15, 0.2) is 36.4 Å². The Balaban J connectivity index is 2.00. The van der Waals surface area contributed by atoms with Crippen molar-refractivity contribution in [1.29, 1.82) is 0 Å². The largest absolute Gasteiger partial charge is 0.342 e. The zero-order valence-electron chi connectivity index (χ0n) is 10.4. The molecule has 1 heterocycles. The van der Waals surface area contributed by atoms with Crippen molar-refractivity contribution in [2.24, 2.45) is 0 Å². The summed E-state index contributed by atoms with van der Waals surface area (Å²) in [6.07, 6.45) is 0.567. The van der Waals surface area contributed by atoms with E-state index in [0.717, 1.165) is 17.2 Å². The van der Waals surface area contributed by atoms with Gasteiger partial charge in [-0.05, 0) is 18.6 Å². The van der Waals surface area contributed by atoms with Crippen molar-refractivity contribution in [2.75, 3.05) is 0 Å². The first-order chi connectivity index (χ1) is 9.11. The minimum atomic E-state index is -0.637. The first kappa shape index (κ1) is 11.8. The van der Waals surface area contributed by atoms with Crippen LogP contribution in [0.25, 0.3) is 11.0 Å². The van der Waals surface area contributed by atoms with Crippen molar-refractivity contribution in [3.8, 4) is 0 Å². The highest BCUT2D eigenvalue weighted by Crippen LogP contribution is 2.19. The van der Waals surface area contributed by atoms with Gasteiger partial charge in [-0.2, -0.15) is 0 Å². The predicted molar refractivity (Wildman–Crippen MR) is 70.0 cm³/mol. The molecular weight excluding hydrogens is 246 g/mol. The number of H-pyrrole nitrogens is 1. The molecule has 0 bridgehead atoms. The summed E-state index contributed by atoms with van der Waals surface area (Å²) in [6.45, 7) is 2.01. The first-order valence-electron chi connectivity index (χ1n) is 6.01. The molecule has 96 valence electrons. The molecule has 1 aromatic heterocycles. The smallest absolute Gasteiger partial charge is 0.153 e. The summed E-state index contributed by atoms with van der Waals surface area (Å²) in [7, 11) is 0. The van der Waals surface area contributed by atoms with Crippen LogP contribution in [0.5, 0.6) is 0 Å². The number of aromatic nitrogens is 2. The number of hydrogen-bond donors (Lipinski definition) is 1. The van der Waals surface area contributed by atoms with Crippen LogP contribution in [0.4, 0.5) is 8.78 Å². The highest BCUT2D eigenvalue weighted by atomic mass is 19.1. The number of halogens is 2. The van der Waals surface area contributed by atoms with E-state index in [1.165, 1.54) is 6.07 Å². The number of aromatic amines is 1. The van der Waals surface area contributed by atoms with E-state index < -0.39 is 11.6 Å². The van der Waals surface area contributed by atoms with Gasteiger partial charge in [0.1, 0.15) is 17.2 Å². The molecule has 0 fully saturated rings. The zero-order valence-corrected chi connectivity index (χ0v) is 10.4. The van der Waals surface area contributed by atoms with Crippen molar-refractivity contribution in [3.63, 3.8) is 0 Å². The van der Waals surface area contributed by atoms with Gasteiger partial charge in [-0.25, -0.2) is 13.8 Å². The van der Waals surface area contributed by atoms with Gasteiger partial charge in [-0.1, -0.05) is 29.8 Å². The number of aryl methyl sites for hydroxylation is 1. The van der Waals surface area contributed by atoms with Crippen LogP contribution < -0.4 is 0 Å². The molecule has 2 aromatic carbocycles. The third-order valence-corrected chi connectivity index (χ3v) is 3.01. The topological polar surface area (TPSA) is 28.7 Å². The molecule has 0 aliphatic heterocycles. The van der Waals surface area contributed by atoms with E-state index in [0.29, 0.717) is 17.8 Å². The van der Waals surface area contributed by atoms with Crippen molar-refractivity contribution in [1.82, 2.24) is 9.97 Å². The van der Waals surface area contributed by atoms with Gasteiger partial charge in [0, 0.05) is 12.5 Å². The van der Waals surface area contributed by atoms with Crippen molar-refractivity contribution in [3.05, 3.63) is 65.0 Å². The number of hydrogen-bond acceptors (Lipinski definition) is 1. The number of benzene rings is 2. The van der Waals surface area contributed by atoms with Crippen molar-refractivity contribution < 1.29 is 8.78 Å². The van der Waals surface area contributed by atoms with Crippen LogP contribution in [0, 0.1) is 18.6 Å². The maximum atomic E-state index is 13.5. The Morgan fingerprint density at radius 1 is 1.16 bits per heavy atom. The fourth-order valence-corrected chi connectivity index (χ4v) is 2.19. The molecule has 4 heteroatoms. The maximum absolute atomic E-state index is 13.5. The average molecular weight is 258 g/mol. The molecule has 0 unspecified atom stereocenters. The molecule has 1 N–H and O–H groups in total. The highest BCUT2D eigenvalue weighted by Gasteiger charge is 2.10. The lowest BCUT2D eigenvalue weighted by Gasteiger charge is -1.99. The summed E-state index contributed by atoms with van der Waals surface area (Å²) < 4.78 is 26.6. The van der Waals surface area contributed by atoms with Crippen LogP contribution in [-0.2, 0) is 6.42 Å². The fraction of sp³-hybridized carbons (Fsp3) is 0.133. The van der Waals surface area contributed by atoms with E-state index in [9.17, 15) is 8.78 Å². The van der Waals surface area contributed by atoms with E-state index in [-0.39, 0.29) is 5.52 Å². The van der Waals surface area contributed by atoms with E-state index in [4.69, 9.17) is 0 Å². The molecule has 3 rings (SSSR count). The SMILES string of the molecule is Cc1cccc(Cc2nc3c(F)cc(F)cc3[nH]2)c1. The third kappa shape index (κ3) is 2.34. The second-order valence-electron chi connectivity index (χ2n) is 4.63. The van der Waals surface area contributed by atoms with Crippen LogP contribution in [0.2, 0.25) is 0 Å². The maximum Gasteiger partial charge on any atom is 0.153 e. The van der Waals surface area contributed by atoms with Gasteiger partial charge in [-0.3, -0.25) is 0 Å². The zero-order chi connectivity index (χ0) is 13.4. The Morgan fingerprint density at radius 3 is 2.79 bits per heavy atom. The monoisotopic (exact) mass is 258 g/mol. The van der Waals surface area contributed by atoms with Crippen LogP contribution >= 0.6 is 0 Å². The minimum Gasteiger partial charge on any atom is -0.342 e. The Kier molecular flexibility index (Phi) is 2.78. The quantitative estimate of drug-likeness (QED) is 0.745. The lowest BCUT2D eigenvalue weighted by atomic mass is 10.1. The Labute approximate surface area is 109 Å². The van der Waals surface area contributed by atoms with Crippen LogP contribution in [0.3, 0.4) is 0 Å². The van der Waals surface area contributed by atoms with Gasteiger partial charge in [0.05, 0.1) is 5.52 Å². The second-order valence-corrected chi connectivity index (χ2v) is 4.63. The second kappa shape index (κ2) is 4.46. The van der Waals surface area contributed by atoms with Gasteiger partial charge < -0.3 is 4.98 Å². The molecule has 0 amide bonds. The number of nitrogens with one attached hydrogen (secondary N) is 1. The van der Waals surface area contributed by atoms with E-state index in [1.807, 2.05) is 31.2 Å². The Morgan fingerprint density at radius 2 is 2.00 bits per heavy atom. The first-order valence-corrected chi connectivity index (χ1v) is 6.01. The Bertz CT molecular complexity index is 747. The Hall–Kier alpha value is -2.23. The summed E-state index contributed by atoms with van der Waals surface area (Å²) in [6, 6.07) is 10.1. The molecule has 0 radical (unpaired) electrons. The normalized spacial score (nSPS) is 11.1. The summed E-state index contributed by atoms with van der Waals surface area (Å²) in [5.41, 5.74) is 2.81. The van der Waals surface area contributed by atoms with Crippen molar-refractivity contribution in [2.45, 2.75) is 13.3 Å². The molecule has 0 atom stereocenters. The van der Waals surface area contributed by atoms with E-state index >= 15 is 0 Å². The van der Waals surface area contributed by atoms with Gasteiger partial charge in [0.2, 0.25) is 0 Å². The van der Waals surface area contributed by atoms with Crippen LogP contribution in [0.1, 0.15) is 17.0 Å². The molecule has 0 saturated heterocycles. The predicted octanol–water partition coefficient (Wildman–Crippen LogP) is 3.74. The number of fused-ring (bicyclic) bond motifs is 1. The lowest BCUT2D eigenvalue weighted by Crippen LogP contribution is -1.90. The van der Waals surface area contributed by atoms with E-state index in [2.05, 4.69) is 9.97 Å². The molecule has 19 heavy (non-hydrogen) atoms. The fourth-order valence-electron chi connectivity index (χ4n) is 2.19. The summed E-state index contributed by atoms with van der Waals surface area (Å²) in [4.78, 5) is 7.14. The van der Waals surface area contributed by atoms with Crippen molar-refractivity contribution >= 4 is 11.0 Å². The van der Waals surface area contributed by atoms with Crippen LogP contribution in [-0.4, -0.2) is 9.97 Å². The number of rotatable bonds is 2. The summed E-state index contributed by atoms with van der Waals surface area (Å²) >= 11 is 0. The molecule has 2 nitrogen and oxygen atoms in total. The molecule has 0 aliphatic rings. The highest BCUT2D eigenvalue weighted by molar-refractivity contribution is 5.75. The third-order valence-electron chi connectivity index (χ3n) is 3.01. The minimum absolute atomic E-state index is 0.184. The molecular formula is C15H12F2N2. The van der Waals surface area contributed by atoms with Gasteiger partial charge in [-0.15, -0.1) is 0 Å². The average Bonchev–Trinajstić information content (AvgIpc) is 2.71. The van der Waals surface area contributed by atoms with Gasteiger partial charge in [0.25, 0.3) is 0 Å². The van der Waals surface area contributed by atoms with Gasteiger partial charge in [0.15, 0.2) is 5.82 Å². The molecule has 3 aromatic rings. The number of nitrogens with zero attached hydrogens (tertiary/aromatic N) is 1. The molecule has 0 spiro atoms. The van der Waals surface area contributed by atoms with Gasteiger partial charge >= 0.3 is 0 Å². The summed E-state index contributed by atoms with van der Waals surface area (Å²) in [5, 5.41) is 0.